The molecule has 1 fully saturated rings. The van der Waals surface area contributed by atoms with Crippen LogP contribution in [-0.4, -0.2) is 19.1 Å². The molecule has 0 aliphatic carbocycles. The van der Waals surface area contributed by atoms with Crippen LogP contribution >= 0.6 is 0 Å². The molecule has 1 aromatic carbocycles. The fourth-order valence-corrected chi connectivity index (χ4v) is 3.23. The third kappa shape index (κ3) is 4.24. The van der Waals surface area contributed by atoms with Crippen molar-refractivity contribution in [2.75, 3.05) is 18.0 Å². The molecule has 2 rings (SSSR count). The van der Waals surface area contributed by atoms with Crippen LogP contribution in [-0.2, 0) is 0 Å². The Hall–Kier alpha value is -1.02. The second-order valence-electron chi connectivity index (χ2n) is 7.37. The van der Waals surface area contributed by atoms with E-state index in [1.54, 1.807) is 0 Å². The summed E-state index contributed by atoms with van der Waals surface area (Å²) in [5.74, 6) is 0.713. The smallest absolute Gasteiger partial charge is 0.0367 e. The second-order valence-corrected chi connectivity index (χ2v) is 7.37. The second kappa shape index (κ2) is 5.54. The minimum Gasteiger partial charge on any atom is -0.370 e. The predicted octanol–water partition coefficient (Wildman–Crippen LogP) is 3.58. The monoisotopic (exact) mass is 260 g/mol. The summed E-state index contributed by atoms with van der Waals surface area (Å²) in [6, 6.07) is 9.13. The summed E-state index contributed by atoms with van der Waals surface area (Å²) in [6.07, 6.45) is 2.42. The SMILES string of the molecule is Cc1ccc(N2CC(N)CC(CC(C)(C)C)C2)cc1. The van der Waals surface area contributed by atoms with E-state index >= 15 is 0 Å². The van der Waals surface area contributed by atoms with Crippen LogP contribution in [0.4, 0.5) is 5.69 Å². The van der Waals surface area contributed by atoms with Crippen molar-refractivity contribution in [2.45, 2.75) is 46.6 Å². The number of hydrogen-bond acceptors (Lipinski definition) is 2. The Morgan fingerprint density at radius 2 is 1.79 bits per heavy atom. The highest BCUT2D eigenvalue weighted by atomic mass is 15.2. The van der Waals surface area contributed by atoms with Crippen LogP contribution in [0.15, 0.2) is 24.3 Å². The molecule has 2 unspecified atom stereocenters. The van der Waals surface area contributed by atoms with Crippen molar-refractivity contribution >= 4 is 5.69 Å². The van der Waals surface area contributed by atoms with Crippen LogP contribution in [0, 0.1) is 18.3 Å². The van der Waals surface area contributed by atoms with Gasteiger partial charge < -0.3 is 10.6 Å². The Balaban J connectivity index is 2.07. The third-order valence-electron chi connectivity index (χ3n) is 3.87. The lowest BCUT2D eigenvalue weighted by molar-refractivity contribution is 0.253. The Morgan fingerprint density at radius 1 is 1.16 bits per heavy atom. The Kier molecular flexibility index (Phi) is 4.19. The standard InChI is InChI=1S/C17H28N2/c1-13-5-7-16(8-6-13)19-11-14(9-15(18)12-19)10-17(2,3)4/h5-8,14-15H,9-12,18H2,1-4H3. The first kappa shape index (κ1) is 14.4. The van der Waals surface area contributed by atoms with Crippen LogP contribution in [0.2, 0.25) is 0 Å². The van der Waals surface area contributed by atoms with Crippen LogP contribution in [0.5, 0.6) is 0 Å². The van der Waals surface area contributed by atoms with E-state index in [1.165, 1.54) is 24.1 Å². The quantitative estimate of drug-likeness (QED) is 0.880. The van der Waals surface area contributed by atoms with Gasteiger partial charge in [-0.1, -0.05) is 38.5 Å². The predicted molar refractivity (Wildman–Crippen MR) is 83.5 cm³/mol. The Morgan fingerprint density at radius 3 is 2.37 bits per heavy atom. The number of aryl methyl sites for hydroxylation is 1. The normalized spacial score (nSPS) is 24.6. The lowest BCUT2D eigenvalue weighted by Gasteiger charge is -2.40. The number of rotatable bonds is 2. The van der Waals surface area contributed by atoms with Crippen molar-refractivity contribution in [2.24, 2.45) is 17.1 Å². The zero-order valence-corrected chi connectivity index (χ0v) is 12.8. The molecular weight excluding hydrogens is 232 g/mol. The number of anilines is 1. The van der Waals surface area contributed by atoms with Gasteiger partial charge in [0, 0.05) is 24.8 Å². The van der Waals surface area contributed by atoms with Crippen molar-refractivity contribution in [3.63, 3.8) is 0 Å². The first-order valence-electron chi connectivity index (χ1n) is 7.41. The van der Waals surface area contributed by atoms with Crippen LogP contribution < -0.4 is 10.6 Å². The van der Waals surface area contributed by atoms with Crippen LogP contribution in [0.1, 0.15) is 39.2 Å². The van der Waals surface area contributed by atoms with Gasteiger partial charge in [-0.25, -0.2) is 0 Å². The third-order valence-corrected chi connectivity index (χ3v) is 3.87. The maximum absolute atomic E-state index is 6.26. The van der Waals surface area contributed by atoms with Gasteiger partial charge >= 0.3 is 0 Å². The highest BCUT2D eigenvalue weighted by Crippen LogP contribution is 2.31. The number of hydrogen-bond donors (Lipinski definition) is 1. The topological polar surface area (TPSA) is 29.3 Å². The number of nitrogens with two attached hydrogens (primary N) is 1. The first-order chi connectivity index (χ1) is 8.83. The van der Waals surface area contributed by atoms with Crippen LogP contribution in [0.3, 0.4) is 0 Å². The largest absolute Gasteiger partial charge is 0.370 e. The molecule has 1 aliphatic heterocycles. The molecule has 0 radical (unpaired) electrons. The van der Waals surface area contributed by atoms with Crippen molar-refractivity contribution in [1.29, 1.82) is 0 Å². The number of nitrogens with zero attached hydrogens (tertiary/aromatic N) is 1. The molecule has 0 spiro atoms. The van der Waals surface area contributed by atoms with E-state index in [0.717, 1.165) is 13.1 Å². The molecule has 1 saturated heterocycles. The zero-order valence-electron chi connectivity index (χ0n) is 12.8. The molecule has 2 N–H and O–H groups in total. The molecule has 2 heteroatoms. The van der Waals surface area contributed by atoms with E-state index in [2.05, 4.69) is 56.9 Å². The molecular formula is C17H28N2. The molecule has 1 aliphatic rings. The minimum absolute atomic E-state index is 0.308. The van der Waals surface area contributed by atoms with E-state index in [4.69, 9.17) is 5.73 Å². The van der Waals surface area contributed by atoms with E-state index in [-0.39, 0.29) is 0 Å². The van der Waals surface area contributed by atoms with Crippen molar-refractivity contribution < 1.29 is 0 Å². The summed E-state index contributed by atoms with van der Waals surface area (Å²) < 4.78 is 0. The average molecular weight is 260 g/mol. The van der Waals surface area contributed by atoms with E-state index in [1.807, 2.05) is 0 Å². The summed E-state index contributed by atoms with van der Waals surface area (Å²) >= 11 is 0. The van der Waals surface area contributed by atoms with Gasteiger partial charge in [0.05, 0.1) is 0 Å². The van der Waals surface area contributed by atoms with Gasteiger partial charge in [0.15, 0.2) is 0 Å². The molecule has 0 aromatic heterocycles. The molecule has 2 atom stereocenters. The van der Waals surface area contributed by atoms with Gasteiger partial charge in [-0.15, -0.1) is 0 Å². The van der Waals surface area contributed by atoms with Gasteiger partial charge in [0.2, 0.25) is 0 Å². The maximum atomic E-state index is 6.26. The van der Waals surface area contributed by atoms with Crippen molar-refractivity contribution in [3.8, 4) is 0 Å². The van der Waals surface area contributed by atoms with Gasteiger partial charge in [0.1, 0.15) is 0 Å². The summed E-state index contributed by atoms with van der Waals surface area (Å²) in [4.78, 5) is 2.46. The summed E-state index contributed by atoms with van der Waals surface area (Å²) in [5.41, 5.74) is 9.28. The molecule has 1 aromatic rings. The lowest BCUT2D eigenvalue weighted by Crippen LogP contribution is -2.47. The molecule has 19 heavy (non-hydrogen) atoms. The van der Waals surface area contributed by atoms with E-state index in [9.17, 15) is 0 Å². The summed E-state index contributed by atoms with van der Waals surface area (Å²) in [6.45, 7) is 11.2. The first-order valence-corrected chi connectivity index (χ1v) is 7.41. The number of piperidine rings is 1. The van der Waals surface area contributed by atoms with Crippen LogP contribution in [0.25, 0.3) is 0 Å². The molecule has 0 amide bonds. The molecule has 1 heterocycles. The van der Waals surface area contributed by atoms with Gasteiger partial charge in [0.25, 0.3) is 0 Å². The highest BCUT2D eigenvalue weighted by Gasteiger charge is 2.28. The fraction of sp³-hybridized carbons (Fsp3) is 0.647. The fourth-order valence-electron chi connectivity index (χ4n) is 3.23. The minimum atomic E-state index is 0.308. The zero-order chi connectivity index (χ0) is 14.0. The van der Waals surface area contributed by atoms with Crippen molar-refractivity contribution in [3.05, 3.63) is 29.8 Å². The molecule has 0 bridgehead atoms. The Bertz CT molecular complexity index is 402. The lowest BCUT2D eigenvalue weighted by atomic mass is 9.80. The van der Waals surface area contributed by atoms with E-state index in [0.29, 0.717) is 17.4 Å². The summed E-state index contributed by atoms with van der Waals surface area (Å²) in [5, 5.41) is 0. The van der Waals surface area contributed by atoms with Crippen molar-refractivity contribution in [1.82, 2.24) is 0 Å². The maximum Gasteiger partial charge on any atom is 0.0367 e. The molecule has 2 nitrogen and oxygen atoms in total. The average Bonchev–Trinajstić information content (AvgIpc) is 2.26. The number of benzene rings is 1. The van der Waals surface area contributed by atoms with Gasteiger partial charge in [-0.3, -0.25) is 0 Å². The molecule has 106 valence electrons. The van der Waals surface area contributed by atoms with E-state index < -0.39 is 0 Å². The molecule has 0 saturated carbocycles. The van der Waals surface area contributed by atoms with Gasteiger partial charge in [-0.2, -0.15) is 0 Å². The Labute approximate surface area is 118 Å². The highest BCUT2D eigenvalue weighted by molar-refractivity contribution is 5.48. The van der Waals surface area contributed by atoms with Gasteiger partial charge in [-0.05, 0) is 43.2 Å². The summed E-state index contributed by atoms with van der Waals surface area (Å²) in [7, 11) is 0.